The van der Waals surface area contributed by atoms with Gasteiger partial charge in [-0.3, -0.25) is 9.59 Å². The van der Waals surface area contributed by atoms with Crippen molar-refractivity contribution in [1.82, 2.24) is 9.78 Å². The van der Waals surface area contributed by atoms with Gasteiger partial charge in [-0.25, -0.2) is 4.68 Å². The van der Waals surface area contributed by atoms with Crippen LogP contribution in [0.15, 0.2) is 71.7 Å². The Morgan fingerprint density at radius 1 is 1.11 bits per heavy atom. The van der Waals surface area contributed by atoms with Gasteiger partial charge in [-0.05, 0) is 61.4 Å². The van der Waals surface area contributed by atoms with Crippen LogP contribution in [0.4, 0.5) is 24.5 Å². The molecular formula is C25H19F3N4O3. The van der Waals surface area contributed by atoms with E-state index in [1.54, 1.807) is 30.0 Å². The van der Waals surface area contributed by atoms with Gasteiger partial charge in [0.1, 0.15) is 6.26 Å². The molecule has 0 aliphatic carbocycles. The number of nitrogens with zero attached hydrogens (tertiary/aromatic N) is 3. The first kappa shape index (κ1) is 22.5. The molecule has 0 atom stereocenters. The first-order valence-corrected chi connectivity index (χ1v) is 10.7. The summed E-state index contributed by atoms with van der Waals surface area (Å²) in [6.07, 6.45) is 0.319. The predicted molar refractivity (Wildman–Crippen MR) is 122 cm³/mol. The molecule has 10 heteroatoms. The molecule has 5 rings (SSSR count). The van der Waals surface area contributed by atoms with E-state index in [0.29, 0.717) is 29.9 Å². The first-order chi connectivity index (χ1) is 16.7. The standard InChI is InChI=1S/C25H19F3N4O3/c1-15-21(13-29-32(15)20-4-2-3-18(12-20)25(26,27)28)23(33)30-19-5-6-22-16(11-19)7-9-31(22)24(34)17-8-10-35-14-17/h2-6,8,10-14H,7,9H2,1H3,(H,30,33). The van der Waals surface area contributed by atoms with Crippen molar-refractivity contribution in [2.75, 3.05) is 16.8 Å². The lowest BCUT2D eigenvalue weighted by atomic mass is 10.1. The van der Waals surface area contributed by atoms with Crippen LogP contribution in [0.1, 0.15) is 37.5 Å². The van der Waals surface area contributed by atoms with Gasteiger partial charge in [0.05, 0.1) is 40.5 Å². The van der Waals surface area contributed by atoms with E-state index in [0.717, 1.165) is 23.4 Å². The SMILES string of the molecule is Cc1c(C(=O)Nc2ccc3c(c2)CCN3C(=O)c2ccoc2)cnn1-c1cccc(C(F)(F)F)c1. The number of aromatic nitrogens is 2. The largest absolute Gasteiger partial charge is 0.472 e. The highest BCUT2D eigenvalue weighted by atomic mass is 19.4. The Balaban J connectivity index is 1.34. The fraction of sp³-hybridized carbons (Fsp3) is 0.160. The van der Waals surface area contributed by atoms with E-state index in [-0.39, 0.29) is 17.2 Å². The monoisotopic (exact) mass is 480 g/mol. The lowest BCUT2D eigenvalue weighted by Gasteiger charge is -2.16. The van der Waals surface area contributed by atoms with Gasteiger partial charge in [0.15, 0.2) is 0 Å². The summed E-state index contributed by atoms with van der Waals surface area (Å²) < 4.78 is 45.5. The third kappa shape index (κ3) is 4.18. The molecule has 178 valence electrons. The second-order valence-electron chi connectivity index (χ2n) is 8.12. The number of hydrogen-bond acceptors (Lipinski definition) is 4. The normalized spacial score (nSPS) is 13.1. The molecule has 7 nitrogen and oxygen atoms in total. The Morgan fingerprint density at radius 3 is 2.69 bits per heavy atom. The quantitative estimate of drug-likeness (QED) is 0.433. The number of halogens is 3. The van der Waals surface area contributed by atoms with E-state index in [1.165, 1.54) is 35.5 Å². The van der Waals surface area contributed by atoms with Crippen LogP contribution in [0.25, 0.3) is 5.69 Å². The smallest absolute Gasteiger partial charge is 0.416 e. The molecule has 0 spiro atoms. The van der Waals surface area contributed by atoms with Gasteiger partial charge in [0.25, 0.3) is 11.8 Å². The molecule has 0 fully saturated rings. The Hall–Kier alpha value is -4.34. The van der Waals surface area contributed by atoms with Crippen LogP contribution in [0.3, 0.4) is 0 Å². The number of carbonyl (C=O) groups excluding carboxylic acids is 2. The minimum atomic E-state index is -4.48. The maximum atomic E-state index is 13.1. The van der Waals surface area contributed by atoms with Crippen molar-refractivity contribution < 1.29 is 27.2 Å². The van der Waals surface area contributed by atoms with Gasteiger partial charge in [-0.15, -0.1) is 0 Å². The molecule has 35 heavy (non-hydrogen) atoms. The van der Waals surface area contributed by atoms with Crippen molar-refractivity contribution in [2.24, 2.45) is 0 Å². The number of hydrogen-bond donors (Lipinski definition) is 1. The number of amides is 2. The van der Waals surface area contributed by atoms with E-state index in [2.05, 4.69) is 10.4 Å². The molecule has 2 aromatic heterocycles. The molecule has 1 aliphatic rings. The summed E-state index contributed by atoms with van der Waals surface area (Å²) >= 11 is 0. The topological polar surface area (TPSA) is 80.4 Å². The lowest BCUT2D eigenvalue weighted by Crippen LogP contribution is -2.28. The summed E-state index contributed by atoms with van der Waals surface area (Å²) in [5.41, 5.74) is 2.73. The number of benzene rings is 2. The molecule has 4 aromatic rings. The second kappa shape index (κ2) is 8.46. The highest BCUT2D eigenvalue weighted by Crippen LogP contribution is 2.33. The number of alkyl halides is 3. The zero-order chi connectivity index (χ0) is 24.7. The maximum absolute atomic E-state index is 13.1. The summed E-state index contributed by atoms with van der Waals surface area (Å²) in [6.45, 7) is 2.13. The van der Waals surface area contributed by atoms with Crippen LogP contribution >= 0.6 is 0 Å². The molecule has 0 saturated carbocycles. The predicted octanol–water partition coefficient (Wildman–Crippen LogP) is 5.25. The fourth-order valence-electron chi connectivity index (χ4n) is 4.14. The van der Waals surface area contributed by atoms with Gasteiger partial charge in [0, 0.05) is 17.9 Å². The summed E-state index contributed by atoms with van der Waals surface area (Å²) in [7, 11) is 0. The average molecular weight is 480 g/mol. The molecule has 0 unspecified atom stereocenters. The number of carbonyl (C=O) groups is 2. The van der Waals surface area contributed by atoms with Gasteiger partial charge in [-0.2, -0.15) is 18.3 Å². The van der Waals surface area contributed by atoms with E-state index < -0.39 is 17.6 Å². The van der Waals surface area contributed by atoms with Crippen LogP contribution < -0.4 is 10.2 Å². The van der Waals surface area contributed by atoms with Crippen molar-refractivity contribution in [3.05, 3.63) is 95.2 Å². The zero-order valence-electron chi connectivity index (χ0n) is 18.5. The third-order valence-electron chi connectivity index (χ3n) is 5.92. The molecule has 1 aliphatic heterocycles. The molecule has 2 aromatic carbocycles. The van der Waals surface area contributed by atoms with Crippen LogP contribution in [0.5, 0.6) is 0 Å². The molecular weight excluding hydrogens is 461 g/mol. The van der Waals surface area contributed by atoms with E-state index in [1.807, 2.05) is 6.07 Å². The Morgan fingerprint density at radius 2 is 1.94 bits per heavy atom. The van der Waals surface area contributed by atoms with Crippen molar-refractivity contribution in [2.45, 2.75) is 19.5 Å². The van der Waals surface area contributed by atoms with Crippen LogP contribution in [0.2, 0.25) is 0 Å². The Kier molecular flexibility index (Phi) is 5.43. The van der Waals surface area contributed by atoms with E-state index in [9.17, 15) is 22.8 Å². The maximum Gasteiger partial charge on any atom is 0.416 e. The van der Waals surface area contributed by atoms with Crippen LogP contribution in [-0.4, -0.2) is 28.1 Å². The summed E-state index contributed by atoms with van der Waals surface area (Å²) in [5, 5.41) is 6.93. The van der Waals surface area contributed by atoms with Gasteiger partial charge in [-0.1, -0.05) is 6.07 Å². The van der Waals surface area contributed by atoms with Crippen molar-refractivity contribution in [3.8, 4) is 5.69 Å². The van der Waals surface area contributed by atoms with Crippen molar-refractivity contribution in [3.63, 3.8) is 0 Å². The summed E-state index contributed by atoms with van der Waals surface area (Å²) in [6, 6.07) is 11.6. The summed E-state index contributed by atoms with van der Waals surface area (Å²) in [4.78, 5) is 27.3. The first-order valence-electron chi connectivity index (χ1n) is 10.7. The number of nitrogens with one attached hydrogen (secondary N) is 1. The molecule has 2 amide bonds. The van der Waals surface area contributed by atoms with Crippen molar-refractivity contribution >= 4 is 23.2 Å². The summed E-state index contributed by atoms with van der Waals surface area (Å²) in [5.74, 6) is -0.600. The minimum absolute atomic E-state index is 0.160. The highest BCUT2D eigenvalue weighted by Gasteiger charge is 2.31. The number of rotatable bonds is 4. The zero-order valence-corrected chi connectivity index (χ0v) is 18.5. The fourth-order valence-corrected chi connectivity index (χ4v) is 4.14. The number of furan rings is 1. The van der Waals surface area contributed by atoms with Crippen LogP contribution in [0, 0.1) is 6.92 Å². The number of anilines is 2. The molecule has 1 N–H and O–H groups in total. The van der Waals surface area contributed by atoms with Crippen LogP contribution in [-0.2, 0) is 12.6 Å². The second-order valence-corrected chi connectivity index (χ2v) is 8.12. The van der Waals surface area contributed by atoms with Crippen molar-refractivity contribution in [1.29, 1.82) is 0 Å². The Labute approximate surface area is 197 Å². The van der Waals surface area contributed by atoms with Gasteiger partial charge in [0.2, 0.25) is 0 Å². The lowest BCUT2D eigenvalue weighted by molar-refractivity contribution is -0.137. The Bertz CT molecular complexity index is 1420. The van der Waals surface area contributed by atoms with Gasteiger partial charge < -0.3 is 14.6 Å². The highest BCUT2D eigenvalue weighted by molar-refractivity contribution is 6.08. The van der Waals surface area contributed by atoms with E-state index >= 15 is 0 Å². The van der Waals surface area contributed by atoms with Gasteiger partial charge >= 0.3 is 6.18 Å². The number of fused-ring (bicyclic) bond motifs is 1. The molecule has 0 saturated heterocycles. The molecule has 0 radical (unpaired) electrons. The third-order valence-corrected chi connectivity index (χ3v) is 5.92. The average Bonchev–Trinajstić information content (AvgIpc) is 3.58. The van der Waals surface area contributed by atoms with E-state index in [4.69, 9.17) is 4.42 Å². The minimum Gasteiger partial charge on any atom is -0.472 e. The molecule has 3 heterocycles. The molecule has 0 bridgehead atoms.